The Hall–Kier alpha value is -1.38. The number of unbranched alkanes of at least 4 members (excludes halogenated alkanes) is 15. The van der Waals surface area contributed by atoms with Crippen LogP contribution >= 0.6 is 0 Å². The van der Waals surface area contributed by atoms with Gasteiger partial charge in [0.25, 0.3) is 0 Å². The van der Waals surface area contributed by atoms with Gasteiger partial charge < -0.3 is 4.74 Å². The summed E-state index contributed by atoms with van der Waals surface area (Å²) in [7, 11) is 0. The molecule has 0 aliphatic rings. The van der Waals surface area contributed by atoms with E-state index in [0.29, 0.717) is 12.2 Å². The van der Waals surface area contributed by atoms with Crippen LogP contribution in [-0.2, 0) is 4.74 Å². The van der Waals surface area contributed by atoms with Gasteiger partial charge in [0, 0.05) is 0 Å². The van der Waals surface area contributed by atoms with Crippen molar-refractivity contribution in [1.82, 2.24) is 0 Å². The summed E-state index contributed by atoms with van der Waals surface area (Å²) in [5, 5.41) is 0. The van der Waals surface area contributed by atoms with E-state index >= 15 is 0 Å². The van der Waals surface area contributed by atoms with Gasteiger partial charge in [0.2, 0.25) is 0 Å². The molecular weight excluding hydrogens is 351 g/mol. The minimum Gasteiger partial charge on any atom is -0.462 e. The SMILES string of the molecule is CCCCCCCCCCCCCCCCCCOC(=O)c1ccc(F)cc1. The van der Waals surface area contributed by atoms with Gasteiger partial charge in [-0.1, -0.05) is 103 Å². The first kappa shape index (κ1) is 24.7. The molecule has 0 saturated heterocycles. The number of hydrogen-bond donors (Lipinski definition) is 0. The maximum Gasteiger partial charge on any atom is 0.338 e. The molecule has 0 aliphatic heterocycles. The first-order valence-corrected chi connectivity index (χ1v) is 11.7. The quantitative estimate of drug-likeness (QED) is 0.186. The van der Waals surface area contributed by atoms with Crippen molar-refractivity contribution in [3.63, 3.8) is 0 Å². The summed E-state index contributed by atoms with van der Waals surface area (Å²) in [6.07, 6.45) is 21.3. The van der Waals surface area contributed by atoms with Gasteiger partial charge in [-0.15, -0.1) is 0 Å². The van der Waals surface area contributed by atoms with Crippen LogP contribution in [0, 0.1) is 5.82 Å². The van der Waals surface area contributed by atoms with E-state index in [9.17, 15) is 9.18 Å². The molecule has 1 aromatic carbocycles. The second kappa shape index (κ2) is 17.7. The number of ether oxygens (including phenoxy) is 1. The van der Waals surface area contributed by atoms with Crippen LogP contribution in [0.2, 0.25) is 0 Å². The highest BCUT2D eigenvalue weighted by Crippen LogP contribution is 2.14. The zero-order valence-corrected chi connectivity index (χ0v) is 18.0. The number of esters is 1. The monoisotopic (exact) mass is 392 g/mol. The first-order chi connectivity index (χ1) is 13.7. The van der Waals surface area contributed by atoms with E-state index in [-0.39, 0.29) is 11.8 Å². The molecule has 1 aromatic rings. The molecule has 160 valence electrons. The van der Waals surface area contributed by atoms with E-state index in [1.807, 2.05) is 0 Å². The summed E-state index contributed by atoms with van der Waals surface area (Å²) in [6.45, 7) is 2.73. The van der Waals surface area contributed by atoms with E-state index in [1.54, 1.807) is 0 Å². The van der Waals surface area contributed by atoms with Gasteiger partial charge in [0.1, 0.15) is 5.82 Å². The van der Waals surface area contributed by atoms with E-state index in [1.165, 1.54) is 114 Å². The predicted octanol–water partition coefficient (Wildman–Crippen LogP) is 8.24. The number of benzene rings is 1. The lowest BCUT2D eigenvalue weighted by molar-refractivity contribution is 0.0497. The fourth-order valence-electron chi connectivity index (χ4n) is 3.48. The lowest BCUT2D eigenvalue weighted by Gasteiger charge is -2.05. The van der Waals surface area contributed by atoms with Crippen LogP contribution in [0.3, 0.4) is 0 Å². The van der Waals surface area contributed by atoms with Gasteiger partial charge in [0.15, 0.2) is 0 Å². The van der Waals surface area contributed by atoms with Crippen molar-refractivity contribution in [3.8, 4) is 0 Å². The fraction of sp³-hybridized carbons (Fsp3) is 0.720. The number of carbonyl (C=O) groups is 1. The van der Waals surface area contributed by atoms with Crippen LogP contribution in [0.1, 0.15) is 120 Å². The average molecular weight is 393 g/mol. The summed E-state index contributed by atoms with van der Waals surface area (Å²) in [6, 6.07) is 5.49. The molecule has 1 rings (SSSR count). The molecule has 0 bridgehead atoms. The van der Waals surface area contributed by atoms with E-state index in [4.69, 9.17) is 4.74 Å². The van der Waals surface area contributed by atoms with E-state index in [2.05, 4.69) is 6.92 Å². The molecule has 0 spiro atoms. The average Bonchev–Trinajstić information content (AvgIpc) is 2.70. The molecule has 3 heteroatoms. The van der Waals surface area contributed by atoms with Crippen molar-refractivity contribution in [1.29, 1.82) is 0 Å². The van der Waals surface area contributed by atoms with Crippen molar-refractivity contribution >= 4 is 5.97 Å². The second-order valence-electron chi connectivity index (χ2n) is 7.95. The summed E-state index contributed by atoms with van der Waals surface area (Å²) < 4.78 is 18.0. The number of halogens is 1. The van der Waals surface area contributed by atoms with Gasteiger partial charge in [-0.2, -0.15) is 0 Å². The maximum atomic E-state index is 12.8. The van der Waals surface area contributed by atoms with Gasteiger partial charge in [0.05, 0.1) is 12.2 Å². The standard InChI is InChI=1S/C25H41FO2/c1-2-3-4-5-6-7-8-9-10-11-12-13-14-15-16-17-22-28-25(27)23-18-20-24(26)21-19-23/h18-21H,2-17,22H2,1H3. The van der Waals surface area contributed by atoms with Crippen LogP contribution < -0.4 is 0 Å². The molecule has 0 aromatic heterocycles. The van der Waals surface area contributed by atoms with Crippen molar-refractivity contribution in [3.05, 3.63) is 35.6 Å². The largest absolute Gasteiger partial charge is 0.462 e. The molecule has 0 amide bonds. The van der Waals surface area contributed by atoms with Crippen LogP contribution in [0.5, 0.6) is 0 Å². The third-order valence-corrected chi connectivity index (χ3v) is 5.31. The van der Waals surface area contributed by atoms with Crippen LogP contribution in [0.4, 0.5) is 4.39 Å². The van der Waals surface area contributed by atoms with Crippen LogP contribution in [-0.4, -0.2) is 12.6 Å². The lowest BCUT2D eigenvalue weighted by Crippen LogP contribution is -2.06. The first-order valence-electron chi connectivity index (χ1n) is 11.7. The van der Waals surface area contributed by atoms with Crippen molar-refractivity contribution in [2.24, 2.45) is 0 Å². The Kier molecular flexibility index (Phi) is 15.6. The third-order valence-electron chi connectivity index (χ3n) is 5.31. The van der Waals surface area contributed by atoms with Gasteiger partial charge in [-0.25, -0.2) is 9.18 Å². The molecule has 0 fully saturated rings. The van der Waals surface area contributed by atoms with Crippen LogP contribution in [0.15, 0.2) is 24.3 Å². The Morgan fingerprint density at radius 3 is 1.50 bits per heavy atom. The topological polar surface area (TPSA) is 26.3 Å². The molecule has 0 N–H and O–H groups in total. The van der Waals surface area contributed by atoms with Gasteiger partial charge >= 0.3 is 5.97 Å². The molecule has 0 radical (unpaired) electrons. The summed E-state index contributed by atoms with van der Waals surface area (Å²) in [5.74, 6) is -0.699. The molecule has 0 atom stereocenters. The zero-order valence-electron chi connectivity index (χ0n) is 18.0. The van der Waals surface area contributed by atoms with E-state index in [0.717, 1.165) is 12.8 Å². The molecule has 0 aliphatic carbocycles. The summed E-state index contributed by atoms with van der Waals surface area (Å²) in [5.41, 5.74) is 0.415. The number of rotatable bonds is 18. The normalized spacial score (nSPS) is 10.9. The molecule has 28 heavy (non-hydrogen) atoms. The summed E-state index contributed by atoms with van der Waals surface area (Å²) >= 11 is 0. The van der Waals surface area contributed by atoms with Crippen LogP contribution in [0.25, 0.3) is 0 Å². The molecule has 0 saturated carbocycles. The predicted molar refractivity (Wildman–Crippen MR) is 116 cm³/mol. The third kappa shape index (κ3) is 13.7. The summed E-state index contributed by atoms with van der Waals surface area (Å²) in [4.78, 5) is 11.8. The minimum absolute atomic E-state index is 0.339. The minimum atomic E-state index is -0.360. The highest BCUT2D eigenvalue weighted by molar-refractivity contribution is 5.89. The van der Waals surface area contributed by atoms with E-state index < -0.39 is 0 Å². The number of hydrogen-bond acceptors (Lipinski definition) is 2. The molecule has 0 heterocycles. The molecule has 0 unspecified atom stereocenters. The van der Waals surface area contributed by atoms with Crippen molar-refractivity contribution < 1.29 is 13.9 Å². The Balaban J connectivity index is 1.78. The van der Waals surface area contributed by atoms with Gasteiger partial charge in [-0.05, 0) is 30.7 Å². The zero-order chi connectivity index (χ0) is 20.3. The fourth-order valence-corrected chi connectivity index (χ4v) is 3.48. The maximum absolute atomic E-state index is 12.8. The number of carbonyl (C=O) groups excluding carboxylic acids is 1. The highest BCUT2D eigenvalue weighted by Gasteiger charge is 2.06. The second-order valence-corrected chi connectivity index (χ2v) is 7.95. The lowest BCUT2D eigenvalue weighted by atomic mass is 10.0. The Morgan fingerprint density at radius 1 is 0.679 bits per heavy atom. The van der Waals surface area contributed by atoms with Crippen molar-refractivity contribution in [2.75, 3.05) is 6.61 Å². The van der Waals surface area contributed by atoms with Crippen molar-refractivity contribution in [2.45, 2.75) is 110 Å². The highest BCUT2D eigenvalue weighted by atomic mass is 19.1. The van der Waals surface area contributed by atoms with Gasteiger partial charge in [-0.3, -0.25) is 0 Å². The molecule has 2 nitrogen and oxygen atoms in total. The molecular formula is C25H41FO2. The Bertz CT molecular complexity index is 484. The Morgan fingerprint density at radius 2 is 1.07 bits per heavy atom. The smallest absolute Gasteiger partial charge is 0.338 e. The Labute approximate surface area is 172 Å².